The quantitative estimate of drug-likeness (QED) is 0.847. The van der Waals surface area contributed by atoms with Crippen LogP contribution in [0, 0.1) is 6.92 Å². The Hall–Kier alpha value is -3.16. The van der Waals surface area contributed by atoms with Crippen LogP contribution < -0.4 is 10.2 Å². The molecule has 156 valence electrons. The third kappa shape index (κ3) is 3.26. The molecule has 5 rings (SSSR count). The van der Waals surface area contributed by atoms with E-state index >= 15 is 0 Å². The maximum absolute atomic E-state index is 13.3. The molecule has 0 saturated heterocycles. The van der Waals surface area contributed by atoms with Gasteiger partial charge in [-0.05, 0) is 31.9 Å². The molecule has 3 heterocycles. The van der Waals surface area contributed by atoms with Crippen molar-refractivity contribution in [2.45, 2.75) is 45.1 Å². The number of anilines is 1. The first-order valence-electron chi connectivity index (χ1n) is 10.7. The number of hydrogen-bond acceptors (Lipinski definition) is 4. The highest BCUT2D eigenvalue weighted by Crippen LogP contribution is 2.33. The first-order valence-corrected chi connectivity index (χ1v) is 10.7. The highest BCUT2D eigenvalue weighted by atomic mass is 16.2. The van der Waals surface area contributed by atoms with Gasteiger partial charge in [0.25, 0.3) is 0 Å². The normalized spacial score (nSPS) is 18.8. The van der Waals surface area contributed by atoms with Gasteiger partial charge in [0.15, 0.2) is 5.82 Å². The highest BCUT2D eigenvalue weighted by molar-refractivity contribution is 6.20. The van der Waals surface area contributed by atoms with Crippen LogP contribution in [0.2, 0.25) is 0 Å². The maximum Gasteiger partial charge on any atom is 0.331 e. The lowest BCUT2D eigenvalue weighted by atomic mass is 9.95. The summed E-state index contributed by atoms with van der Waals surface area (Å²) in [5.41, 5.74) is 2.78. The lowest BCUT2D eigenvalue weighted by Gasteiger charge is -2.34. The number of nitrogens with one attached hydrogen (secondary N) is 1. The van der Waals surface area contributed by atoms with Crippen molar-refractivity contribution >= 4 is 23.6 Å². The van der Waals surface area contributed by atoms with Crippen molar-refractivity contribution in [1.29, 1.82) is 0 Å². The summed E-state index contributed by atoms with van der Waals surface area (Å²) in [6, 6.07) is 7.94. The molecule has 1 fully saturated rings. The van der Waals surface area contributed by atoms with E-state index in [0.717, 1.165) is 42.5 Å². The Morgan fingerprint density at radius 1 is 1.17 bits per heavy atom. The number of benzene rings is 1. The topological polar surface area (TPSA) is 82.8 Å². The summed E-state index contributed by atoms with van der Waals surface area (Å²) in [6.07, 6.45) is 7.28. The van der Waals surface area contributed by atoms with Gasteiger partial charge < -0.3 is 5.32 Å². The number of aryl methyl sites for hydroxylation is 1. The third-order valence-corrected chi connectivity index (χ3v) is 6.09. The van der Waals surface area contributed by atoms with Crippen LogP contribution >= 0.6 is 0 Å². The summed E-state index contributed by atoms with van der Waals surface area (Å²) in [7, 11) is 0. The van der Waals surface area contributed by atoms with Crippen LogP contribution in [0.25, 0.3) is 5.69 Å². The largest absolute Gasteiger partial charge is 0.352 e. The number of urea groups is 1. The van der Waals surface area contributed by atoms with Gasteiger partial charge in [-0.1, -0.05) is 37.0 Å². The number of amidine groups is 1. The zero-order valence-corrected chi connectivity index (χ0v) is 17.2. The Labute approximate surface area is 175 Å². The number of aliphatic imine (C=N–C) groups is 1. The van der Waals surface area contributed by atoms with Gasteiger partial charge in [-0.2, -0.15) is 5.10 Å². The first kappa shape index (κ1) is 18.8. The monoisotopic (exact) mass is 406 g/mol. The van der Waals surface area contributed by atoms with E-state index in [-0.39, 0.29) is 24.5 Å². The van der Waals surface area contributed by atoms with Crippen LogP contribution in [0.1, 0.15) is 43.2 Å². The molecule has 8 nitrogen and oxygen atoms in total. The first-order chi connectivity index (χ1) is 14.6. The number of aromatic nitrogens is 2. The van der Waals surface area contributed by atoms with E-state index in [4.69, 9.17) is 0 Å². The molecule has 1 saturated carbocycles. The van der Waals surface area contributed by atoms with E-state index in [1.807, 2.05) is 31.2 Å². The molecule has 0 radical (unpaired) electrons. The molecular formula is C22H26N6O2. The Morgan fingerprint density at radius 3 is 2.70 bits per heavy atom. The number of amides is 3. The van der Waals surface area contributed by atoms with E-state index in [1.165, 1.54) is 6.42 Å². The fourth-order valence-corrected chi connectivity index (χ4v) is 4.54. The van der Waals surface area contributed by atoms with Gasteiger partial charge in [-0.15, -0.1) is 0 Å². The molecule has 3 amide bonds. The lowest BCUT2D eigenvalue weighted by Crippen LogP contribution is -2.54. The maximum atomic E-state index is 13.3. The molecule has 30 heavy (non-hydrogen) atoms. The number of rotatable bonds is 4. The second-order valence-electron chi connectivity index (χ2n) is 8.26. The third-order valence-electron chi connectivity index (χ3n) is 6.09. The van der Waals surface area contributed by atoms with Crippen LogP contribution in [-0.4, -0.2) is 58.1 Å². The van der Waals surface area contributed by atoms with Crippen LogP contribution in [0.3, 0.4) is 0 Å². The molecule has 1 aromatic carbocycles. The molecule has 0 unspecified atom stereocenters. The lowest BCUT2D eigenvalue weighted by molar-refractivity contribution is -0.120. The van der Waals surface area contributed by atoms with Gasteiger partial charge >= 0.3 is 6.03 Å². The zero-order chi connectivity index (χ0) is 20.7. The fourth-order valence-electron chi connectivity index (χ4n) is 4.54. The standard InChI is InChI=1S/C22H26N6O2/c1-15-7-9-17(10-8-15)28-21-18(13-24-28)20-23-11-12-26(20)22(30)27(21)14-19(29)25-16-5-3-2-4-6-16/h7-10,13,16H,2-6,11-12,14H2,1H3,(H,25,29). The SMILES string of the molecule is Cc1ccc(-n2ncc3c2N(CC(=O)NC2CCCCC2)C(=O)N2CCN=C32)cc1. The van der Waals surface area contributed by atoms with E-state index < -0.39 is 0 Å². The smallest absolute Gasteiger partial charge is 0.331 e. The van der Waals surface area contributed by atoms with E-state index in [2.05, 4.69) is 15.4 Å². The van der Waals surface area contributed by atoms with Gasteiger partial charge in [0.1, 0.15) is 12.4 Å². The zero-order valence-electron chi connectivity index (χ0n) is 17.2. The number of nitrogens with zero attached hydrogens (tertiary/aromatic N) is 5. The van der Waals surface area contributed by atoms with Gasteiger partial charge in [0.2, 0.25) is 5.91 Å². The van der Waals surface area contributed by atoms with Crippen molar-refractivity contribution in [1.82, 2.24) is 20.0 Å². The molecule has 0 spiro atoms. The summed E-state index contributed by atoms with van der Waals surface area (Å²) in [6.45, 7) is 3.10. The average Bonchev–Trinajstić information content (AvgIpc) is 3.40. The van der Waals surface area contributed by atoms with Crippen molar-refractivity contribution in [2.75, 3.05) is 24.5 Å². The molecule has 1 aliphatic carbocycles. The average molecular weight is 406 g/mol. The summed E-state index contributed by atoms with van der Waals surface area (Å²) >= 11 is 0. The minimum absolute atomic E-state index is 0.0241. The van der Waals surface area contributed by atoms with Crippen molar-refractivity contribution in [3.05, 3.63) is 41.6 Å². The van der Waals surface area contributed by atoms with Crippen molar-refractivity contribution in [3.8, 4) is 5.69 Å². The molecule has 2 aromatic rings. The highest BCUT2D eigenvalue weighted by Gasteiger charge is 2.41. The molecule has 1 aromatic heterocycles. The number of hydrogen-bond donors (Lipinski definition) is 1. The minimum Gasteiger partial charge on any atom is -0.352 e. The Morgan fingerprint density at radius 2 is 1.93 bits per heavy atom. The van der Waals surface area contributed by atoms with Crippen LogP contribution in [0.5, 0.6) is 0 Å². The Kier molecular flexibility index (Phi) is 4.77. The van der Waals surface area contributed by atoms with E-state index in [1.54, 1.807) is 20.7 Å². The second-order valence-corrected chi connectivity index (χ2v) is 8.26. The van der Waals surface area contributed by atoms with E-state index in [9.17, 15) is 9.59 Å². The number of carbonyl (C=O) groups is 2. The van der Waals surface area contributed by atoms with Gasteiger partial charge in [0, 0.05) is 12.6 Å². The molecule has 0 atom stereocenters. The number of carbonyl (C=O) groups excluding carboxylic acids is 2. The van der Waals surface area contributed by atoms with Crippen molar-refractivity contribution < 1.29 is 9.59 Å². The summed E-state index contributed by atoms with van der Waals surface area (Å²) in [5.74, 6) is 1.13. The molecule has 8 heteroatoms. The predicted octanol–water partition coefficient (Wildman–Crippen LogP) is 2.63. The van der Waals surface area contributed by atoms with E-state index in [0.29, 0.717) is 24.7 Å². The predicted molar refractivity (Wildman–Crippen MR) is 114 cm³/mol. The van der Waals surface area contributed by atoms with Gasteiger partial charge in [-0.25, -0.2) is 9.48 Å². The van der Waals surface area contributed by atoms with Crippen LogP contribution in [0.15, 0.2) is 35.5 Å². The molecule has 1 N–H and O–H groups in total. The van der Waals surface area contributed by atoms with Crippen molar-refractivity contribution in [3.63, 3.8) is 0 Å². The number of fused-ring (bicyclic) bond motifs is 3. The minimum atomic E-state index is -0.216. The Bertz CT molecular complexity index is 1000. The second kappa shape index (κ2) is 7.59. The van der Waals surface area contributed by atoms with Gasteiger partial charge in [0.05, 0.1) is 24.0 Å². The summed E-state index contributed by atoms with van der Waals surface area (Å²) < 4.78 is 1.73. The summed E-state index contributed by atoms with van der Waals surface area (Å²) in [4.78, 5) is 33.9. The van der Waals surface area contributed by atoms with Crippen molar-refractivity contribution in [2.24, 2.45) is 4.99 Å². The molecule has 2 aliphatic heterocycles. The Balaban J connectivity index is 1.48. The van der Waals surface area contributed by atoms with Crippen LogP contribution in [-0.2, 0) is 4.79 Å². The van der Waals surface area contributed by atoms with Gasteiger partial charge in [-0.3, -0.25) is 19.6 Å². The fraction of sp³-hybridized carbons (Fsp3) is 0.455. The van der Waals surface area contributed by atoms with Crippen LogP contribution in [0.4, 0.5) is 10.6 Å². The molecule has 3 aliphatic rings. The molecule has 0 bridgehead atoms. The summed E-state index contributed by atoms with van der Waals surface area (Å²) in [5, 5.41) is 7.67. The molecular weight excluding hydrogens is 380 g/mol.